The molecule has 0 amide bonds. The number of hydrogen-bond donors (Lipinski definition) is 0. The lowest BCUT2D eigenvalue weighted by molar-refractivity contribution is -0.137. The molecule has 1 heterocycles. The lowest BCUT2D eigenvalue weighted by Crippen LogP contribution is -2.40. The van der Waals surface area contributed by atoms with Gasteiger partial charge in [0.2, 0.25) is 0 Å². The molecule has 0 unspecified atom stereocenters. The lowest BCUT2D eigenvalue weighted by Gasteiger charge is -2.31. The molecular formula is C15H20F3NO. The fourth-order valence-corrected chi connectivity index (χ4v) is 2.37. The first-order chi connectivity index (χ1) is 9.16. The molecule has 0 saturated carbocycles. The van der Waals surface area contributed by atoms with Crippen molar-refractivity contribution < 1.29 is 17.9 Å². The van der Waals surface area contributed by atoms with Crippen molar-refractivity contribution in [2.24, 2.45) is 0 Å². The summed E-state index contributed by atoms with van der Waals surface area (Å²) in [5.41, 5.74) is -0.605. The Hall–Kier alpha value is -1.23. The van der Waals surface area contributed by atoms with E-state index in [2.05, 4.69) is 25.7 Å². The van der Waals surface area contributed by atoms with Gasteiger partial charge in [-0.05, 0) is 45.4 Å². The first-order valence-electron chi connectivity index (χ1n) is 6.75. The monoisotopic (exact) mass is 287 g/mol. The third kappa shape index (κ3) is 3.66. The molecule has 20 heavy (non-hydrogen) atoms. The second-order valence-corrected chi connectivity index (χ2v) is 6.17. The van der Waals surface area contributed by atoms with E-state index in [0.717, 1.165) is 31.6 Å². The minimum atomic E-state index is -4.33. The van der Waals surface area contributed by atoms with Crippen LogP contribution in [0.1, 0.15) is 32.8 Å². The van der Waals surface area contributed by atoms with Crippen LogP contribution in [0.25, 0.3) is 0 Å². The van der Waals surface area contributed by atoms with Crippen molar-refractivity contribution in [3.8, 4) is 5.75 Å². The van der Waals surface area contributed by atoms with Crippen molar-refractivity contribution in [1.82, 2.24) is 4.90 Å². The van der Waals surface area contributed by atoms with E-state index in [4.69, 9.17) is 4.74 Å². The second-order valence-electron chi connectivity index (χ2n) is 6.17. The van der Waals surface area contributed by atoms with Crippen LogP contribution in [0.3, 0.4) is 0 Å². The molecule has 112 valence electrons. The summed E-state index contributed by atoms with van der Waals surface area (Å²) in [6.45, 7) is 8.03. The minimum absolute atomic E-state index is 0.0438. The van der Waals surface area contributed by atoms with E-state index in [9.17, 15) is 13.2 Å². The first-order valence-corrected chi connectivity index (χ1v) is 6.75. The van der Waals surface area contributed by atoms with Crippen molar-refractivity contribution in [3.05, 3.63) is 29.8 Å². The molecule has 2 nitrogen and oxygen atoms in total. The first kappa shape index (κ1) is 15.2. The molecule has 2 rings (SSSR count). The molecule has 1 aliphatic heterocycles. The molecule has 1 aromatic carbocycles. The molecule has 0 spiro atoms. The number of rotatable bonds is 2. The molecule has 1 atom stereocenters. The Kier molecular flexibility index (Phi) is 4.00. The number of nitrogens with zero attached hydrogens (tertiary/aromatic N) is 1. The number of alkyl halides is 3. The predicted molar refractivity (Wildman–Crippen MR) is 71.8 cm³/mol. The molecule has 0 N–H and O–H groups in total. The molecule has 1 fully saturated rings. The number of benzene rings is 1. The van der Waals surface area contributed by atoms with Gasteiger partial charge in [0.1, 0.15) is 11.9 Å². The highest BCUT2D eigenvalue weighted by atomic mass is 19.4. The Morgan fingerprint density at radius 1 is 1.20 bits per heavy atom. The summed E-state index contributed by atoms with van der Waals surface area (Å²) < 4.78 is 43.6. The van der Waals surface area contributed by atoms with Crippen LogP contribution in [0.15, 0.2) is 24.3 Å². The van der Waals surface area contributed by atoms with Gasteiger partial charge in [0.05, 0.1) is 5.56 Å². The van der Waals surface area contributed by atoms with Gasteiger partial charge >= 0.3 is 6.18 Å². The van der Waals surface area contributed by atoms with E-state index in [1.165, 1.54) is 6.07 Å². The fraction of sp³-hybridized carbons (Fsp3) is 0.600. The van der Waals surface area contributed by atoms with Crippen LogP contribution in [0.5, 0.6) is 5.75 Å². The summed E-state index contributed by atoms with van der Waals surface area (Å²) in [5.74, 6) is 0.292. The van der Waals surface area contributed by atoms with E-state index in [1.807, 2.05) is 0 Å². The Balaban J connectivity index is 2.02. The Bertz CT molecular complexity index is 465. The van der Waals surface area contributed by atoms with Gasteiger partial charge in [0.25, 0.3) is 0 Å². The highest BCUT2D eigenvalue weighted by Gasteiger charge is 2.33. The average molecular weight is 287 g/mol. The van der Waals surface area contributed by atoms with Crippen molar-refractivity contribution in [2.45, 2.75) is 45.0 Å². The van der Waals surface area contributed by atoms with E-state index in [1.54, 1.807) is 6.07 Å². The summed E-state index contributed by atoms with van der Waals surface area (Å²) in [4.78, 5) is 2.28. The van der Waals surface area contributed by atoms with E-state index < -0.39 is 11.7 Å². The zero-order valence-corrected chi connectivity index (χ0v) is 12.0. The normalized spacial score (nSPS) is 21.2. The van der Waals surface area contributed by atoms with Crippen molar-refractivity contribution in [2.75, 3.05) is 13.1 Å². The van der Waals surface area contributed by atoms with E-state index in [-0.39, 0.29) is 11.6 Å². The number of hydrogen-bond acceptors (Lipinski definition) is 2. The van der Waals surface area contributed by atoms with Crippen LogP contribution >= 0.6 is 0 Å². The van der Waals surface area contributed by atoms with Crippen LogP contribution in [0, 0.1) is 0 Å². The van der Waals surface area contributed by atoms with E-state index >= 15 is 0 Å². The minimum Gasteiger partial charge on any atom is -0.489 e. The van der Waals surface area contributed by atoms with Crippen LogP contribution < -0.4 is 4.74 Å². The van der Waals surface area contributed by atoms with Crippen molar-refractivity contribution >= 4 is 0 Å². The summed E-state index contributed by atoms with van der Waals surface area (Å²) in [6.07, 6.45) is -3.53. The van der Waals surface area contributed by atoms with Gasteiger partial charge < -0.3 is 4.74 Å². The highest BCUT2D eigenvalue weighted by molar-refractivity contribution is 5.30. The maximum Gasteiger partial charge on any atom is 0.416 e. The maximum absolute atomic E-state index is 12.6. The molecule has 0 radical (unpaired) electrons. The maximum atomic E-state index is 12.6. The van der Waals surface area contributed by atoms with Gasteiger partial charge in [-0.15, -0.1) is 0 Å². The standard InChI is InChI=1S/C15H20F3NO/c1-14(2,3)19-8-7-13(10-19)20-12-6-4-5-11(9-12)15(16,17)18/h4-6,9,13H,7-8,10H2,1-3H3/t13-/m1/s1. The third-order valence-electron chi connectivity index (χ3n) is 3.56. The number of likely N-dealkylation sites (tertiary alicyclic amines) is 1. The largest absolute Gasteiger partial charge is 0.489 e. The topological polar surface area (TPSA) is 12.5 Å². The van der Waals surface area contributed by atoms with Crippen LogP contribution in [0.2, 0.25) is 0 Å². The zero-order chi connectivity index (χ0) is 15.0. The predicted octanol–water partition coefficient (Wildman–Crippen LogP) is 3.96. The van der Waals surface area contributed by atoms with Crippen LogP contribution in [-0.4, -0.2) is 29.6 Å². The summed E-state index contributed by atoms with van der Waals surface area (Å²) in [6, 6.07) is 5.09. The van der Waals surface area contributed by atoms with E-state index in [0.29, 0.717) is 5.75 Å². The smallest absolute Gasteiger partial charge is 0.416 e. The molecule has 1 aromatic rings. The highest BCUT2D eigenvalue weighted by Crippen LogP contribution is 2.32. The molecule has 1 saturated heterocycles. The zero-order valence-electron chi connectivity index (χ0n) is 12.0. The Labute approximate surface area is 117 Å². The number of halogens is 3. The number of ether oxygens (including phenoxy) is 1. The third-order valence-corrected chi connectivity index (χ3v) is 3.56. The van der Waals surface area contributed by atoms with Crippen molar-refractivity contribution in [1.29, 1.82) is 0 Å². The van der Waals surface area contributed by atoms with Crippen molar-refractivity contribution in [3.63, 3.8) is 0 Å². The molecule has 0 aromatic heterocycles. The van der Waals surface area contributed by atoms with Crippen LogP contribution in [0.4, 0.5) is 13.2 Å². The Morgan fingerprint density at radius 2 is 1.90 bits per heavy atom. The van der Waals surface area contributed by atoms with Gasteiger partial charge in [-0.25, -0.2) is 0 Å². The Morgan fingerprint density at radius 3 is 2.45 bits per heavy atom. The molecule has 0 bridgehead atoms. The molecule has 0 aliphatic carbocycles. The SMILES string of the molecule is CC(C)(C)N1CC[C@@H](Oc2cccc(C(F)(F)F)c2)C1. The van der Waals surface area contributed by atoms with Gasteiger partial charge in [0.15, 0.2) is 0 Å². The lowest BCUT2D eigenvalue weighted by atomic mass is 10.1. The molecule has 5 heteroatoms. The molecular weight excluding hydrogens is 267 g/mol. The second kappa shape index (κ2) is 5.28. The molecule has 1 aliphatic rings. The summed E-state index contributed by atoms with van der Waals surface area (Å²) in [5, 5.41) is 0. The van der Waals surface area contributed by atoms with Crippen LogP contribution in [-0.2, 0) is 6.18 Å². The fourth-order valence-electron chi connectivity index (χ4n) is 2.37. The van der Waals surface area contributed by atoms with Gasteiger partial charge in [-0.1, -0.05) is 6.07 Å². The summed E-state index contributed by atoms with van der Waals surface area (Å²) >= 11 is 0. The van der Waals surface area contributed by atoms with Gasteiger partial charge in [-0.3, -0.25) is 4.90 Å². The van der Waals surface area contributed by atoms with Gasteiger partial charge in [0, 0.05) is 18.6 Å². The van der Waals surface area contributed by atoms with Gasteiger partial charge in [-0.2, -0.15) is 13.2 Å². The summed E-state index contributed by atoms with van der Waals surface area (Å²) in [7, 11) is 0. The average Bonchev–Trinajstić information content (AvgIpc) is 2.76. The quantitative estimate of drug-likeness (QED) is 0.816.